The molecule has 0 aliphatic rings. The predicted octanol–water partition coefficient (Wildman–Crippen LogP) is 0.717. The first-order chi connectivity index (χ1) is 4.43. The van der Waals surface area contributed by atoms with Crippen molar-refractivity contribution in [1.82, 2.24) is 5.16 Å². The van der Waals surface area contributed by atoms with Crippen molar-refractivity contribution in [1.29, 1.82) is 0 Å². The SMILES string of the molecule is O=[C]CCc1cnoc1. The molecule has 0 unspecified atom stereocenters. The normalized spacial score (nSPS) is 9.33. The van der Waals surface area contributed by atoms with Gasteiger partial charge in [0.15, 0.2) is 6.29 Å². The first kappa shape index (κ1) is 6.01. The van der Waals surface area contributed by atoms with E-state index in [1.54, 1.807) is 12.5 Å². The second-order valence-electron chi connectivity index (χ2n) is 1.68. The second-order valence-corrected chi connectivity index (χ2v) is 1.68. The first-order valence-electron chi connectivity index (χ1n) is 2.67. The molecule has 0 aliphatic carbocycles. The number of nitrogens with zero attached hydrogens (tertiary/aromatic N) is 1. The van der Waals surface area contributed by atoms with Crippen LogP contribution in [0.5, 0.6) is 0 Å². The fraction of sp³-hybridized carbons (Fsp3) is 0.333. The first-order valence-corrected chi connectivity index (χ1v) is 2.67. The van der Waals surface area contributed by atoms with Crippen LogP contribution in [0.2, 0.25) is 0 Å². The van der Waals surface area contributed by atoms with E-state index in [-0.39, 0.29) is 0 Å². The molecule has 1 aromatic heterocycles. The Morgan fingerprint density at radius 1 is 1.78 bits per heavy atom. The molecule has 47 valence electrons. The molecule has 0 N–H and O–H groups in total. The third-order valence-electron chi connectivity index (χ3n) is 0.999. The highest BCUT2D eigenvalue weighted by atomic mass is 16.5. The molecule has 3 nitrogen and oxygen atoms in total. The topological polar surface area (TPSA) is 43.1 Å². The summed E-state index contributed by atoms with van der Waals surface area (Å²) in [5, 5.41) is 3.47. The highest BCUT2D eigenvalue weighted by molar-refractivity contribution is 5.50. The molecule has 0 saturated carbocycles. The Bertz CT molecular complexity index is 169. The molecule has 1 rings (SSSR count). The van der Waals surface area contributed by atoms with Crippen LogP contribution in [0.4, 0.5) is 0 Å². The van der Waals surface area contributed by atoms with Crippen LogP contribution in [-0.4, -0.2) is 11.4 Å². The molecule has 0 atom stereocenters. The summed E-state index contributed by atoms with van der Waals surface area (Å²) in [6.07, 6.45) is 6.00. The van der Waals surface area contributed by atoms with Crippen molar-refractivity contribution in [3.05, 3.63) is 18.0 Å². The van der Waals surface area contributed by atoms with Crippen LogP contribution in [0, 0.1) is 0 Å². The zero-order chi connectivity index (χ0) is 6.53. The Labute approximate surface area is 52.7 Å². The average Bonchev–Trinajstić information content (AvgIpc) is 2.34. The third-order valence-corrected chi connectivity index (χ3v) is 0.999. The summed E-state index contributed by atoms with van der Waals surface area (Å²) in [7, 11) is 0. The van der Waals surface area contributed by atoms with E-state index in [1.165, 1.54) is 6.26 Å². The lowest BCUT2D eigenvalue weighted by Crippen LogP contribution is -1.80. The highest BCUT2D eigenvalue weighted by Crippen LogP contribution is 1.98. The number of aromatic nitrogens is 1. The van der Waals surface area contributed by atoms with Gasteiger partial charge in [0, 0.05) is 12.0 Å². The molecule has 1 aromatic rings. The number of hydrogen-bond donors (Lipinski definition) is 0. The Kier molecular flexibility index (Phi) is 2.01. The van der Waals surface area contributed by atoms with E-state index >= 15 is 0 Å². The van der Waals surface area contributed by atoms with E-state index in [4.69, 9.17) is 0 Å². The van der Waals surface area contributed by atoms with E-state index in [1.807, 2.05) is 0 Å². The molecule has 0 aliphatic heterocycles. The molecule has 9 heavy (non-hydrogen) atoms. The summed E-state index contributed by atoms with van der Waals surface area (Å²) in [4.78, 5) is 9.72. The highest BCUT2D eigenvalue weighted by Gasteiger charge is 1.92. The van der Waals surface area contributed by atoms with Gasteiger partial charge in [-0.05, 0) is 6.42 Å². The van der Waals surface area contributed by atoms with Crippen molar-refractivity contribution in [2.24, 2.45) is 0 Å². The molecule has 0 spiro atoms. The number of hydrogen-bond acceptors (Lipinski definition) is 3. The lowest BCUT2D eigenvalue weighted by molar-refractivity contribution is 0.419. The van der Waals surface area contributed by atoms with Gasteiger partial charge in [0.1, 0.15) is 6.26 Å². The monoisotopic (exact) mass is 124 g/mol. The standard InChI is InChI=1S/C6H6NO2/c8-3-1-2-6-4-7-9-5-6/h4-5H,1-2H2. The maximum Gasteiger partial charge on any atom is 0.198 e. The number of aryl methyl sites for hydroxylation is 1. The average molecular weight is 124 g/mol. The van der Waals surface area contributed by atoms with E-state index in [0.29, 0.717) is 12.8 Å². The van der Waals surface area contributed by atoms with Gasteiger partial charge in [-0.2, -0.15) is 0 Å². The summed E-state index contributed by atoms with van der Waals surface area (Å²) in [6.45, 7) is 0. The van der Waals surface area contributed by atoms with E-state index in [2.05, 4.69) is 9.68 Å². The molecule has 1 radical (unpaired) electrons. The van der Waals surface area contributed by atoms with Gasteiger partial charge in [0.2, 0.25) is 0 Å². The van der Waals surface area contributed by atoms with Crippen molar-refractivity contribution < 1.29 is 9.32 Å². The smallest absolute Gasteiger partial charge is 0.198 e. The zero-order valence-electron chi connectivity index (χ0n) is 4.83. The lowest BCUT2D eigenvalue weighted by atomic mass is 10.2. The van der Waals surface area contributed by atoms with Gasteiger partial charge in [-0.15, -0.1) is 0 Å². The summed E-state index contributed by atoms with van der Waals surface area (Å²) >= 11 is 0. The second kappa shape index (κ2) is 3.02. The van der Waals surface area contributed by atoms with Crippen molar-refractivity contribution in [3.8, 4) is 0 Å². The van der Waals surface area contributed by atoms with Gasteiger partial charge in [-0.25, -0.2) is 0 Å². The maximum absolute atomic E-state index is 9.72. The summed E-state index contributed by atoms with van der Waals surface area (Å²) < 4.78 is 4.53. The van der Waals surface area contributed by atoms with E-state index in [0.717, 1.165) is 5.56 Å². The van der Waals surface area contributed by atoms with Crippen LogP contribution in [0.15, 0.2) is 17.0 Å². The molecule has 3 heteroatoms. The largest absolute Gasteiger partial charge is 0.364 e. The van der Waals surface area contributed by atoms with Gasteiger partial charge in [-0.1, -0.05) is 5.16 Å². The molecular formula is C6H6NO2. The minimum atomic E-state index is 0.418. The minimum absolute atomic E-state index is 0.418. The third kappa shape index (κ3) is 1.68. The van der Waals surface area contributed by atoms with Crippen LogP contribution in [0.1, 0.15) is 12.0 Å². The lowest BCUT2D eigenvalue weighted by Gasteiger charge is -1.81. The van der Waals surface area contributed by atoms with Crippen molar-refractivity contribution in [2.75, 3.05) is 0 Å². The van der Waals surface area contributed by atoms with Gasteiger partial charge in [-0.3, -0.25) is 4.79 Å². The van der Waals surface area contributed by atoms with Crippen LogP contribution < -0.4 is 0 Å². The summed E-state index contributed by atoms with van der Waals surface area (Å²) in [5.41, 5.74) is 0.943. The minimum Gasteiger partial charge on any atom is -0.364 e. The number of carbonyl (C=O) groups excluding carboxylic acids is 1. The Morgan fingerprint density at radius 2 is 2.67 bits per heavy atom. The van der Waals surface area contributed by atoms with Gasteiger partial charge >= 0.3 is 0 Å². The molecule has 0 fully saturated rings. The maximum atomic E-state index is 9.72. The number of rotatable bonds is 3. The van der Waals surface area contributed by atoms with Crippen LogP contribution >= 0.6 is 0 Å². The van der Waals surface area contributed by atoms with Crippen LogP contribution in [0.25, 0.3) is 0 Å². The fourth-order valence-electron chi connectivity index (χ4n) is 0.546. The van der Waals surface area contributed by atoms with Crippen LogP contribution in [-0.2, 0) is 11.2 Å². The van der Waals surface area contributed by atoms with Gasteiger partial charge < -0.3 is 4.52 Å². The van der Waals surface area contributed by atoms with Gasteiger partial charge in [0.05, 0.1) is 6.20 Å². The molecule has 0 saturated heterocycles. The van der Waals surface area contributed by atoms with E-state index < -0.39 is 0 Å². The summed E-state index contributed by atoms with van der Waals surface area (Å²) in [5.74, 6) is 0. The Hall–Kier alpha value is -1.12. The Balaban J connectivity index is 2.38. The fourth-order valence-corrected chi connectivity index (χ4v) is 0.546. The van der Waals surface area contributed by atoms with Crippen molar-refractivity contribution >= 4 is 6.29 Å². The Morgan fingerprint density at radius 3 is 3.22 bits per heavy atom. The molecular weight excluding hydrogens is 118 g/mol. The van der Waals surface area contributed by atoms with Crippen LogP contribution in [0.3, 0.4) is 0 Å². The summed E-state index contributed by atoms with van der Waals surface area (Å²) in [6, 6.07) is 0. The van der Waals surface area contributed by atoms with Crippen molar-refractivity contribution in [2.45, 2.75) is 12.8 Å². The zero-order valence-corrected chi connectivity index (χ0v) is 4.83. The van der Waals surface area contributed by atoms with Crippen molar-refractivity contribution in [3.63, 3.8) is 0 Å². The molecule has 0 amide bonds. The quantitative estimate of drug-likeness (QED) is 0.596. The van der Waals surface area contributed by atoms with Gasteiger partial charge in [0.25, 0.3) is 0 Å². The molecule has 0 bridgehead atoms. The molecule has 0 aromatic carbocycles. The van der Waals surface area contributed by atoms with E-state index in [9.17, 15) is 4.79 Å². The molecule has 1 heterocycles. The predicted molar refractivity (Wildman–Crippen MR) is 30.5 cm³/mol.